The van der Waals surface area contributed by atoms with Crippen LogP contribution >= 0.6 is 0 Å². The van der Waals surface area contributed by atoms with Crippen molar-refractivity contribution < 1.29 is 36.7 Å². The quantitative estimate of drug-likeness (QED) is 0.173. The van der Waals surface area contributed by atoms with E-state index in [0.29, 0.717) is 27.8 Å². The predicted octanol–water partition coefficient (Wildman–Crippen LogP) is 5.99. The molecule has 0 fully saturated rings. The van der Waals surface area contributed by atoms with Crippen molar-refractivity contribution in [1.82, 2.24) is 0 Å². The van der Waals surface area contributed by atoms with Crippen LogP contribution in [-0.2, 0) is 15.7 Å². The van der Waals surface area contributed by atoms with E-state index in [1.165, 1.54) is 19.4 Å². The van der Waals surface area contributed by atoms with E-state index in [0.717, 1.165) is 23.2 Å². The molecule has 0 saturated carbocycles. The number of alkyl halides is 3. The van der Waals surface area contributed by atoms with Crippen molar-refractivity contribution in [3.05, 3.63) is 95.2 Å². The first-order valence-corrected chi connectivity index (χ1v) is 11.0. The number of hydrazone groups is 1. The van der Waals surface area contributed by atoms with Gasteiger partial charge in [0, 0.05) is 10.9 Å². The molecular formula is C27H21F3N2O5. The molecule has 7 nitrogen and oxygen atoms in total. The van der Waals surface area contributed by atoms with E-state index in [4.69, 9.17) is 13.9 Å². The van der Waals surface area contributed by atoms with Crippen molar-refractivity contribution in [2.75, 3.05) is 18.7 Å². The van der Waals surface area contributed by atoms with Gasteiger partial charge in [-0.3, -0.25) is 4.79 Å². The average molecular weight is 510 g/mol. The summed E-state index contributed by atoms with van der Waals surface area (Å²) in [5.74, 6) is -1.30. The minimum atomic E-state index is -4.62. The van der Waals surface area contributed by atoms with Crippen LogP contribution in [0.25, 0.3) is 11.0 Å². The lowest BCUT2D eigenvalue weighted by Gasteiger charge is -2.18. The number of esters is 1. The van der Waals surface area contributed by atoms with Gasteiger partial charge in [0.1, 0.15) is 11.3 Å². The monoisotopic (exact) mass is 510 g/mol. The number of methoxy groups -OCH3 is 1. The maximum atomic E-state index is 13.3. The van der Waals surface area contributed by atoms with Gasteiger partial charge in [0.25, 0.3) is 5.91 Å². The lowest BCUT2D eigenvalue weighted by molar-refractivity contribution is -0.137. The first kappa shape index (κ1) is 25.5. The molecule has 0 aliphatic carbocycles. The van der Waals surface area contributed by atoms with Crippen LogP contribution in [0.4, 0.5) is 18.9 Å². The van der Waals surface area contributed by atoms with Crippen LogP contribution in [0, 0.1) is 6.92 Å². The fraction of sp³-hybridized carbons (Fsp3) is 0.148. The van der Waals surface area contributed by atoms with E-state index < -0.39 is 30.2 Å². The highest BCUT2D eigenvalue weighted by Crippen LogP contribution is 2.32. The average Bonchev–Trinajstić information content (AvgIpc) is 3.23. The summed E-state index contributed by atoms with van der Waals surface area (Å²) in [4.78, 5) is 25.7. The van der Waals surface area contributed by atoms with Crippen molar-refractivity contribution in [2.24, 2.45) is 5.10 Å². The molecule has 0 bridgehead atoms. The number of anilines is 1. The molecule has 0 N–H and O–H groups in total. The van der Waals surface area contributed by atoms with Crippen molar-refractivity contribution >= 4 is 34.7 Å². The van der Waals surface area contributed by atoms with Gasteiger partial charge in [-0.2, -0.15) is 23.3 Å². The Kier molecular flexibility index (Phi) is 7.28. The number of aryl methyl sites for hydroxylation is 1. The normalized spacial score (nSPS) is 11.6. The Balaban J connectivity index is 1.57. The van der Waals surface area contributed by atoms with Crippen LogP contribution in [0.15, 0.2) is 82.3 Å². The molecule has 0 spiro atoms. The summed E-state index contributed by atoms with van der Waals surface area (Å²) in [5, 5.41) is 5.46. The summed E-state index contributed by atoms with van der Waals surface area (Å²) < 4.78 is 55.7. The second-order valence-corrected chi connectivity index (χ2v) is 7.90. The molecule has 3 aromatic carbocycles. The minimum Gasteiger partial charge on any atom is -0.497 e. The summed E-state index contributed by atoms with van der Waals surface area (Å²) in [6.07, 6.45) is -3.31. The zero-order chi connectivity index (χ0) is 26.6. The molecule has 1 heterocycles. The molecule has 0 aliphatic rings. The third kappa shape index (κ3) is 5.80. The Morgan fingerprint density at radius 1 is 1.03 bits per heavy atom. The highest BCUT2D eigenvalue weighted by molar-refractivity contribution is 6.00. The van der Waals surface area contributed by atoms with Gasteiger partial charge in [-0.05, 0) is 48.9 Å². The number of rotatable bonds is 7. The SMILES string of the molecule is COc1ccc2oc(C(=O)OCC(=O)N(N=Cc3ccccc3)c3cccc(C(F)(F)F)c3)c(C)c2c1. The van der Waals surface area contributed by atoms with Crippen LogP contribution < -0.4 is 9.75 Å². The number of halogens is 3. The van der Waals surface area contributed by atoms with Gasteiger partial charge in [0.2, 0.25) is 5.76 Å². The lowest BCUT2D eigenvalue weighted by atomic mass is 10.1. The first-order valence-electron chi connectivity index (χ1n) is 11.0. The van der Waals surface area contributed by atoms with E-state index >= 15 is 0 Å². The zero-order valence-electron chi connectivity index (χ0n) is 19.8. The van der Waals surface area contributed by atoms with Crippen LogP contribution in [0.5, 0.6) is 5.75 Å². The summed E-state index contributed by atoms with van der Waals surface area (Å²) in [7, 11) is 1.51. The Hall–Kier alpha value is -4.60. The highest BCUT2D eigenvalue weighted by Gasteiger charge is 2.31. The number of hydrogen-bond acceptors (Lipinski definition) is 6. The number of carbonyl (C=O) groups is 2. The van der Waals surface area contributed by atoms with Gasteiger partial charge in [0.05, 0.1) is 24.6 Å². The molecule has 0 saturated heterocycles. The van der Waals surface area contributed by atoms with Crippen molar-refractivity contribution in [3.8, 4) is 5.75 Å². The van der Waals surface area contributed by atoms with Crippen LogP contribution in [0.1, 0.15) is 27.2 Å². The molecule has 190 valence electrons. The summed E-state index contributed by atoms with van der Waals surface area (Å²) in [6.45, 7) is 0.865. The van der Waals surface area contributed by atoms with Crippen molar-refractivity contribution in [3.63, 3.8) is 0 Å². The number of amides is 1. The highest BCUT2D eigenvalue weighted by atomic mass is 19.4. The number of fused-ring (bicyclic) bond motifs is 1. The van der Waals surface area contributed by atoms with Gasteiger partial charge in [0.15, 0.2) is 6.61 Å². The molecular weight excluding hydrogens is 489 g/mol. The molecule has 1 amide bonds. The van der Waals surface area contributed by atoms with E-state index in [1.807, 2.05) is 0 Å². The standard InChI is InChI=1S/C27H21F3N2O5/c1-17-22-14-21(35-2)11-12-23(22)37-25(17)26(34)36-16-24(33)32(31-15-18-7-4-3-5-8-18)20-10-6-9-19(13-20)27(28,29)30/h3-15H,16H2,1-2H3. The van der Waals surface area contributed by atoms with Gasteiger partial charge in [-0.25, -0.2) is 4.79 Å². The summed E-state index contributed by atoms with van der Waals surface area (Å²) >= 11 is 0. The number of ether oxygens (including phenoxy) is 2. The molecule has 37 heavy (non-hydrogen) atoms. The fourth-order valence-electron chi connectivity index (χ4n) is 3.53. The smallest absolute Gasteiger partial charge is 0.416 e. The van der Waals surface area contributed by atoms with Crippen molar-refractivity contribution in [1.29, 1.82) is 0 Å². The number of benzene rings is 3. The summed E-state index contributed by atoms with van der Waals surface area (Å²) in [6, 6.07) is 17.8. The van der Waals surface area contributed by atoms with E-state index in [9.17, 15) is 22.8 Å². The third-order valence-corrected chi connectivity index (χ3v) is 5.43. The fourth-order valence-corrected chi connectivity index (χ4v) is 3.53. The van der Waals surface area contributed by atoms with Gasteiger partial charge < -0.3 is 13.9 Å². The number of carbonyl (C=O) groups excluding carboxylic acids is 2. The van der Waals surface area contributed by atoms with Gasteiger partial charge >= 0.3 is 12.1 Å². The van der Waals surface area contributed by atoms with Gasteiger partial charge in [-0.1, -0.05) is 36.4 Å². The molecule has 0 unspecified atom stereocenters. The Labute approximate surface area is 209 Å². The second kappa shape index (κ2) is 10.6. The van der Waals surface area contributed by atoms with Crippen LogP contribution in [0.3, 0.4) is 0 Å². The maximum absolute atomic E-state index is 13.3. The molecule has 0 atom stereocenters. The molecule has 0 aliphatic heterocycles. The molecule has 10 heteroatoms. The predicted molar refractivity (Wildman–Crippen MR) is 131 cm³/mol. The molecule has 4 aromatic rings. The minimum absolute atomic E-state index is 0.102. The van der Waals surface area contributed by atoms with E-state index in [1.54, 1.807) is 55.5 Å². The maximum Gasteiger partial charge on any atom is 0.416 e. The first-order chi connectivity index (χ1) is 17.7. The lowest BCUT2D eigenvalue weighted by Crippen LogP contribution is -2.31. The van der Waals surface area contributed by atoms with Crippen LogP contribution in [-0.4, -0.2) is 31.8 Å². The van der Waals surface area contributed by atoms with Crippen molar-refractivity contribution in [2.45, 2.75) is 13.1 Å². The number of furan rings is 1. The van der Waals surface area contributed by atoms with E-state index in [2.05, 4.69) is 5.10 Å². The Morgan fingerprint density at radius 3 is 2.49 bits per heavy atom. The Bertz CT molecular complexity index is 1460. The zero-order valence-corrected chi connectivity index (χ0v) is 19.8. The largest absolute Gasteiger partial charge is 0.497 e. The molecule has 4 rings (SSSR count). The second-order valence-electron chi connectivity index (χ2n) is 7.90. The number of nitrogens with zero attached hydrogens (tertiary/aromatic N) is 2. The number of hydrogen-bond donors (Lipinski definition) is 0. The Morgan fingerprint density at radius 2 is 1.78 bits per heavy atom. The summed E-state index contributed by atoms with van der Waals surface area (Å²) in [5.41, 5.74) is 0.425. The van der Waals surface area contributed by atoms with E-state index in [-0.39, 0.29) is 11.4 Å². The topological polar surface area (TPSA) is 81.3 Å². The third-order valence-electron chi connectivity index (χ3n) is 5.43. The molecule has 0 radical (unpaired) electrons. The molecule has 1 aromatic heterocycles. The van der Waals surface area contributed by atoms with Gasteiger partial charge in [-0.15, -0.1) is 0 Å². The van der Waals surface area contributed by atoms with Crippen LogP contribution in [0.2, 0.25) is 0 Å².